The second-order valence-corrected chi connectivity index (χ2v) is 3.20. The van der Waals surface area contributed by atoms with E-state index in [1.54, 1.807) is 0 Å². The van der Waals surface area contributed by atoms with Crippen LogP contribution in [0.2, 0.25) is 0 Å². The van der Waals surface area contributed by atoms with Gasteiger partial charge in [0.2, 0.25) is 0 Å². The van der Waals surface area contributed by atoms with Crippen LogP contribution in [-0.4, -0.2) is 11.8 Å². The Morgan fingerprint density at radius 1 is 1.31 bits per heavy atom. The first-order valence-electron chi connectivity index (χ1n) is 4.75. The van der Waals surface area contributed by atoms with Crippen LogP contribution in [-0.2, 0) is 6.42 Å². The van der Waals surface area contributed by atoms with E-state index in [0.29, 0.717) is 6.54 Å². The van der Waals surface area contributed by atoms with Gasteiger partial charge < -0.3 is 0 Å². The smallest absolute Gasteiger partial charge is 0.0665 e. The van der Waals surface area contributed by atoms with E-state index in [9.17, 15) is 5.21 Å². The third-order valence-corrected chi connectivity index (χ3v) is 2.19. The van der Waals surface area contributed by atoms with Crippen molar-refractivity contribution in [2.24, 2.45) is 0 Å². The summed E-state index contributed by atoms with van der Waals surface area (Å²) < 4.78 is 0. The molecule has 1 aromatic rings. The first kappa shape index (κ1) is 10.1. The molecule has 0 heterocycles. The van der Waals surface area contributed by atoms with Gasteiger partial charge in [-0.25, -0.2) is 0 Å². The Labute approximate surface area is 79.8 Å². The third kappa shape index (κ3) is 2.22. The summed E-state index contributed by atoms with van der Waals surface area (Å²) >= 11 is 0. The molecule has 0 amide bonds. The van der Waals surface area contributed by atoms with E-state index in [4.69, 9.17) is 0 Å². The number of hydroxylamine groups is 1. The maximum atomic E-state index is 9.57. The monoisotopic (exact) mass is 179 g/mol. The normalized spacial score (nSPS) is 10.2. The van der Waals surface area contributed by atoms with Crippen molar-refractivity contribution in [3.8, 4) is 0 Å². The molecule has 0 atom stereocenters. The highest BCUT2D eigenvalue weighted by Crippen LogP contribution is 2.20. The summed E-state index contributed by atoms with van der Waals surface area (Å²) in [6.45, 7) is 6.72. The van der Waals surface area contributed by atoms with Gasteiger partial charge in [-0.2, -0.15) is 0 Å². The summed E-state index contributed by atoms with van der Waals surface area (Å²) in [5, 5.41) is 10.9. The van der Waals surface area contributed by atoms with E-state index in [1.165, 1.54) is 16.2 Å². The van der Waals surface area contributed by atoms with Crippen molar-refractivity contribution >= 4 is 5.69 Å². The van der Waals surface area contributed by atoms with E-state index in [-0.39, 0.29) is 0 Å². The molecule has 2 nitrogen and oxygen atoms in total. The highest BCUT2D eigenvalue weighted by molar-refractivity contribution is 5.52. The molecule has 0 bridgehead atoms. The Morgan fingerprint density at radius 3 is 2.54 bits per heavy atom. The lowest BCUT2D eigenvalue weighted by molar-refractivity contribution is 0.259. The van der Waals surface area contributed by atoms with Crippen molar-refractivity contribution in [1.29, 1.82) is 0 Å². The van der Waals surface area contributed by atoms with Gasteiger partial charge in [-0.15, -0.1) is 0 Å². The zero-order chi connectivity index (χ0) is 9.84. The Bertz CT molecular complexity index is 283. The van der Waals surface area contributed by atoms with Crippen LogP contribution in [0.1, 0.15) is 25.0 Å². The molecule has 0 radical (unpaired) electrons. The molecule has 0 saturated carbocycles. The van der Waals surface area contributed by atoms with Crippen molar-refractivity contribution in [1.82, 2.24) is 0 Å². The summed E-state index contributed by atoms with van der Waals surface area (Å²) in [4.78, 5) is 0. The summed E-state index contributed by atoms with van der Waals surface area (Å²) in [5.74, 6) is 0. The Hall–Kier alpha value is -1.02. The van der Waals surface area contributed by atoms with Crippen molar-refractivity contribution in [2.75, 3.05) is 11.6 Å². The fourth-order valence-corrected chi connectivity index (χ4v) is 1.42. The quantitative estimate of drug-likeness (QED) is 0.721. The predicted molar refractivity (Wildman–Crippen MR) is 55.4 cm³/mol. The Balaban J connectivity index is 3.05. The van der Waals surface area contributed by atoms with Crippen molar-refractivity contribution < 1.29 is 5.21 Å². The maximum absolute atomic E-state index is 9.57. The molecule has 0 aromatic heterocycles. The Morgan fingerprint density at radius 2 is 2.00 bits per heavy atom. The zero-order valence-corrected chi connectivity index (χ0v) is 8.54. The lowest BCUT2D eigenvalue weighted by Gasteiger charge is -2.18. The summed E-state index contributed by atoms with van der Waals surface area (Å²) in [6, 6.07) is 6.11. The number of anilines is 1. The summed E-state index contributed by atoms with van der Waals surface area (Å²) in [5.41, 5.74) is 3.37. The van der Waals surface area contributed by atoms with Gasteiger partial charge in [0.25, 0.3) is 0 Å². The van der Waals surface area contributed by atoms with E-state index in [2.05, 4.69) is 19.9 Å². The van der Waals surface area contributed by atoms with Gasteiger partial charge in [-0.05, 0) is 31.9 Å². The number of hydrogen-bond acceptors (Lipinski definition) is 2. The van der Waals surface area contributed by atoms with E-state index >= 15 is 0 Å². The molecular weight excluding hydrogens is 162 g/mol. The van der Waals surface area contributed by atoms with Crippen LogP contribution in [0.25, 0.3) is 0 Å². The molecule has 0 unspecified atom stereocenters. The maximum Gasteiger partial charge on any atom is 0.0665 e. The van der Waals surface area contributed by atoms with Gasteiger partial charge in [-0.3, -0.25) is 10.3 Å². The lowest BCUT2D eigenvalue weighted by Crippen LogP contribution is -2.18. The van der Waals surface area contributed by atoms with Crippen molar-refractivity contribution in [2.45, 2.75) is 27.2 Å². The number of nitrogens with zero attached hydrogens (tertiary/aromatic N) is 1. The van der Waals surface area contributed by atoms with E-state index < -0.39 is 0 Å². The van der Waals surface area contributed by atoms with Crippen LogP contribution in [0.5, 0.6) is 0 Å². The van der Waals surface area contributed by atoms with Gasteiger partial charge >= 0.3 is 0 Å². The lowest BCUT2D eigenvalue weighted by atomic mass is 10.1. The van der Waals surface area contributed by atoms with Crippen molar-refractivity contribution in [3.05, 3.63) is 29.3 Å². The fourth-order valence-electron chi connectivity index (χ4n) is 1.42. The van der Waals surface area contributed by atoms with Crippen LogP contribution in [0.15, 0.2) is 18.2 Å². The zero-order valence-electron chi connectivity index (χ0n) is 8.54. The number of rotatable bonds is 3. The second kappa shape index (κ2) is 4.28. The second-order valence-electron chi connectivity index (χ2n) is 3.20. The van der Waals surface area contributed by atoms with Crippen LogP contribution >= 0.6 is 0 Å². The summed E-state index contributed by atoms with van der Waals surface area (Å²) in [7, 11) is 0. The topological polar surface area (TPSA) is 23.5 Å². The van der Waals surface area contributed by atoms with Gasteiger partial charge in [0, 0.05) is 6.54 Å². The molecule has 0 spiro atoms. The molecule has 0 saturated heterocycles. The van der Waals surface area contributed by atoms with Crippen molar-refractivity contribution in [3.63, 3.8) is 0 Å². The van der Waals surface area contributed by atoms with Crippen LogP contribution < -0.4 is 5.06 Å². The molecule has 13 heavy (non-hydrogen) atoms. The van der Waals surface area contributed by atoms with Gasteiger partial charge in [0.15, 0.2) is 0 Å². The van der Waals surface area contributed by atoms with Gasteiger partial charge in [-0.1, -0.05) is 24.6 Å². The molecule has 0 aliphatic heterocycles. The molecule has 0 fully saturated rings. The minimum Gasteiger partial charge on any atom is -0.288 e. The average molecular weight is 179 g/mol. The number of hydrogen-bond donors (Lipinski definition) is 1. The Kier molecular flexibility index (Phi) is 3.32. The SMILES string of the molecule is CCc1cc(C)ccc1N(O)CC. The summed E-state index contributed by atoms with van der Waals surface area (Å²) in [6.07, 6.45) is 0.952. The van der Waals surface area contributed by atoms with Crippen LogP contribution in [0, 0.1) is 6.92 Å². The van der Waals surface area contributed by atoms with Crippen LogP contribution in [0.4, 0.5) is 5.69 Å². The molecule has 0 aliphatic rings. The molecule has 1 aromatic carbocycles. The largest absolute Gasteiger partial charge is 0.288 e. The molecular formula is C11H17NO. The number of aryl methyl sites for hydroxylation is 2. The van der Waals surface area contributed by atoms with E-state index in [1.807, 2.05) is 19.1 Å². The van der Waals surface area contributed by atoms with Gasteiger partial charge in [0.1, 0.15) is 0 Å². The molecule has 1 N–H and O–H groups in total. The molecule has 2 heteroatoms. The first-order valence-corrected chi connectivity index (χ1v) is 4.75. The number of benzene rings is 1. The molecule has 1 rings (SSSR count). The minimum absolute atomic E-state index is 0.621. The van der Waals surface area contributed by atoms with Crippen LogP contribution in [0.3, 0.4) is 0 Å². The van der Waals surface area contributed by atoms with Gasteiger partial charge in [0.05, 0.1) is 5.69 Å². The molecule has 0 aliphatic carbocycles. The molecule has 72 valence electrons. The average Bonchev–Trinajstić information content (AvgIpc) is 2.16. The minimum atomic E-state index is 0.621. The third-order valence-electron chi connectivity index (χ3n) is 2.19. The standard InChI is InChI=1S/C11H17NO/c1-4-10-8-9(3)6-7-11(10)12(13)5-2/h6-8,13H,4-5H2,1-3H3. The highest BCUT2D eigenvalue weighted by atomic mass is 16.5. The fraction of sp³-hybridized carbons (Fsp3) is 0.455. The highest BCUT2D eigenvalue weighted by Gasteiger charge is 2.05. The van der Waals surface area contributed by atoms with E-state index in [0.717, 1.165) is 12.1 Å². The predicted octanol–water partition coefficient (Wildman–Crippen LogP) is 2.77. The first-order chi connectivity index (χ1) is 6.19.